The van der Waals surface area contributed by atoms with Gasteiger partial charge in [-0.2, -0.15) is 0 Å². The van der Waals surface area contributed by atoms with Gasteiger partial charge in [-0.1, -0.05) is 13.8 Å². The van der Waals surface area contributed by atoms with Gasteiger partial charge in [-0.05, 0) is 30.9 Å². The number of aryl methyl sites for hydroxylation is 1. The summed E-state index contributed by atoms with van der Waals surface area (Å²) in [5, 5.41) is 12.0. The number of hydrogen-bond donors (Lipinski definition) is 2. The molecular formula is C13H20N2O2. The number of hydrogen-bond acceptors (Lipinski definition) is 3. The van der Waals surface area contributed by atoms with Crippen LogP contribution in [0.2, 0.25) is 0 Å². The molecule has 0 aliphatic heterocycles. The Labute approximate surface area is 102 Å². The van der Waals surface area contributed by atoms with Crippen molar-refractivity contribution in [3.05, 3.63) is 29.6 Å². The molecule has 1 aromatic heterocycles. The van der Waals surface area contributed by atoms with Gasteiger partial charge in [0.25, 0.3) is 5.91 Å². The van der Waals surface area contributed by atoms with Crippen LogP contribution in [-0.4, -0.2) is 28.6 Å². The number of aromatic nitrogens is 1. The SMILES string of the molecule is Cc1cncc(C(=O)NC(CO)CC(C)C)c1. The predicted molar refractivity (Wildman–Crippen MR) is 66.8 cm³/mol. The highest BCUT2D eigenvalue weighted by Gasteiger charge is 2.14. The largest absolute Gasteiger partial charge is 0.394 e. The van der Waals surface area contributed by atoms with E-state index < -0.39 is 0 Å². The van der Waals surface area contributed by atoms with Crippen LogP contribution < -0.4 is 5.32 Å². The molecule has 1 aromatic rings. The van der Waals surface area contributed by atoms with Gasteiger partial charge in [0.05, 0.1) is 18.2 Å². The molecule has 2 N–H and O–H groups in total. The molecule has 4 nitrogen and oxygen atoms in total. The van der Waals surface area contributed by atoms with Crippen molar-refractivity contribution in [1.82, 2.24) is 10.3 Å². The minimum absolute atomic E-state index is 0.0385. The number of nitrogens with one attached hydrogen (secondary N) is 1. The van der Waals surface area contributed by atoms with Crippen molar-refractivity contribution in [2.45, 2.75) is 33.2 Å². The van der Waals surface area contributed by atoms with Gasteiger partial charge < -0.3 is 10.4 Å². The summed E-state index contributed by atoms with van der Waals surface area (Å²) in [6, 6.07) is 1.59. The number of rotatable bonds is 5. The molecule has 0 aliphatic carbocycles. The fourth-order valence-corrected chi connectivity index (χ4v) is 1.70. The van der Waals surface area contributed by atoms with Crippen molar-refractivity contribution in [3.63, 3.8) is 0 Å². The van der Waals surface area contributed by atoms with Crippen molar-refractivity contribution >= 4 is 5.91 Å². The normalized spacial score (nSPS) is 12.5. The highest BCUT2D eigenvalue weighted by molar-refractivity contribution is 5.94. The molecule has 17 heavy (non-hydrogen) atoms. The summed E-state index contributed by atoms with van der Waals surface area (Å²) in [5.74, 6) is 0.254. The highest BCUT2D eigenvalue weighted by atomic mass is 16.3. The van der Waals surface area contributed by atoms with Gasteiger partial charge in [0.15, 0.2) is 0 Å². The summed E-state index contributed by atoms with van der Waals surface area (Å²) < 4.78 is 0. The number of carbonyl (C=O) groups excluding carboxylic acids is 1. The van der Waals surface area contributed by atoms with E-state index in [0.29, 0.717) is 11.5 Å². The van der Waals surface area contributed by atoms with Crippen LogP contribution in [-0.2, 0) is 0 Å². The van der Waals surface area contributed by atoms with Crippen LogP contribution in [0.15, 0.2) is 18.5 Å². The number of carbonyl (C=O) groups is 1. The lowest BCUT2D eigenvalue weighted by Crippen LogP contribution is -2.38. The molecule has 0 aliphatic rings. The summed E-state index contributed by atoms with van der Waals surface area (Å²) in [5.41, 5.74) is 1.48. The first-order valence-electron chi connectivity index (χ1n) is 5.86. The summed E-state index contributed by atoms with van der Waals surface area (Å²) >= 11 is 0. The first-order chi connectivity index (χ1) is 8.02. The number of amides is 1. The van der Waals surface area contributed by atoms with Gasteiger partial charge in [-0.15, -0.1) is 0 Å². The van der Waals surface area contributed by atoms with Crippen LogP contribution in [0, 0.1) is 12.8 Å². The van der Waals surface area contributed by atoms with Crippen molar-refractivity contribution < 1.29 is 9.90 Å². The van der Waals surface area contributed by atoms with Crippen LogP contribution >= 0.6 is 0 Å². The molecule has 1 amide bonds. The molecule has 94 valence electrons. The summed E-state index contributed by atoms with van der Waals surface area (Å²) in [6.45, 7) is 5.97. The minimum Gasteiger partial charge on any atom is -0.394 e. The molecule has 1 unspecified atom stereocenters. The van der Waals surface area contributed by atoms with Crippen LogP contribution in [0.4, 0.5) is 0 Å². The van der Waals surface area contributed by atoms with E-state index in [1.54, 1.807) is 12.3 Å². The van der Waals surface area contributed by atoms with Gasteiger partial charge in [-0.3, -0.25) is 9.78 Å². The molecule has 0 saturated heterocycles. The van der Waals surface area contributed by atoms with Gasteiger partial charge >= 0.3 is 0 Å². The zero-order valence-electron chi connectivity index (χ0n) is 10.6. The zero-order chi connectivity index (χ0) is 12.8. The Morgan fingerprint density at radius 1 is 1.47 bits per heavy atom. The number of aliphatic hydroxyl groups excluding tert-OH is 1. The topological polar surface area (TPSA) is 62.2 Å². The van der Waals surface area contributed by atoms with Crippen LogP contribution in [0.1, 0.15) is 36.2 Å². The third kappa shape index (κ3) is 4.53. The zero-order valence-corrected chi connectivity index (χ0v) is 10.6. The molecule has 1 heterocycles. The third-order valence-electron chi connectivity index (χ3n) is 2.45. The average molecular weight is 236 g/mol. The van der Waals surface area contributed by atoms with E-state index in [2.05, 4.69) is 24.1 Å². The van der Waals surface area contributed by atoms with E-state index >= 15 is 0 Å². The fraction of sp³-hybridized carbons (Fsp3) is 0.538. The Morgan fingerprint density at radius 2 is 2.18 bits per heavy atom. The molecule has 0 aromatic carbocycles. The van der Waals surface area contributed by atoms with Crippen LogP contribution in [0.25, 0.3) is 0 Å². The van der Waals surface area contributed by atoms with E-state index in [-0.39, 0.29) is 18.6 Å². The van der Waals surface area contributed by atoms with Crippen molar-refractivity contribution in [2.75, 3.05) is 6.61 Å². The van der Waals surface area contributed by atoms with Gasteiger partial charge in [0.2, 0.25) is 0 Å². The lowest BCUT2D eigenvalue weighted by atomic mass is 10.0. The maximum Gasteiger partial charge on any atom is 0.253 e. The first kappa shape index (κ1) is 13.6. The predicted octanol–water partition coefficient (Wildman–Crippen LogP) is 1.53. The van der Waals surface area contributed by atoms with Crippen molar-refractivity contribution in [2.24, 2.45) is 5.92 Å². The lowest BCUT2D eigenvalue weighted by Gasteiger charge is -2.18. The van der Waals surface area contributed by atoms with Gasteiger partial charge in [-0.25, -0.2) is 0 Å². The molecule has 4 heteroatoms. The molecular weight excluding hydrogens is 216 g/mol. The summed E-state index contributed by atoms with van der Waals surface area (Å²) in [4.78, 5) is 15.9. The number of pyridine rings is 1. The molecule has 0 saturated carbocycles. The Kier molecular flexibility index (Phi) is 5.10. The molecule has 1 rings (SSSR count). The van der Waals surface area contributed by atoms with Crippen LogP contribution in [0.3, 0.4) is 0 Å². The molecule has 0 bridgehead atoms. The van der Waals surface area contributed by atoms with Gasteiger partial charge in [0.1, 0.15) is 0 Å². The first-order valence-corrected chi connectivity index (χ1v) is 5.86. The van der Waals surface area contributed by atoms with Gasteiger partial charge in [0, 0.05) is 12.4 Å². The van der Waals surface area contributed by atoms with Crippen molar-refractivity contribution in [3.8, 4) is 0 Å². The monoisotopic (exact) mass is 236 g/mol. The molecule has 0 spiro atoms. The fourth-order valence-electron chi connectivity index (χ4n) is 1.70. The maximum atomic E-state index is 11.9. The minimum atomic E-state index is -0.192. The number of nitrogens with zero attached hydrogens (tertiary/aromatic N) is 1. The Balaban J connectivity index is 2.64. The smallest absolute Gasteiger partial charge is 0.253 e. The van der Waals surface area contributed by atoms with Crippen molar-refractivity contribution in [1.29, 1.82) is 0 Å². The second-order valence-electron chi connectivity index (χ2n) is 4.73. The molecule has 0 fully saturated rings. The van der Waals surface area contributed by atoms with E-state index in [1.165, 1.54) is 6.20 Å². The van der Waals surface area contributed by atoms with Crippen LogP contribution in [0.5, 0.6) is 0 Å². The Morgan fingerprint density at radius 3 is 2.71 bits per heavy atom. The second kappa shape index (κ2) is 6.35. The molecule has 1 atom stereocenters. The van der Waals surface area contributed by atoms with E-state index in [9.17, 15) is 9.90 Å². The van der Waals surface area contributed by atoms with E-state index in [0.717, 1.165) is 12.0 Å². The molecule has 0 radical (unpaired) electrons. The lowest BCUT2D eigenvalue weighted by molar-refractivity contribution is 0.0908. The number of aliphatic hydroxyl groups is 1. The summed E-state index contributed by atoms with van der Waals surface area (Å²) in [7, 11) is 0. The Bertz CT molecular complexity index is 377. The maximum absolute atomic E-state index is 11.9. The average Bonchev–Trinajstić information content (AvgIpc) is 2.27. The second-order valence-corrected chi connectivity index (χ2v) is 4.73. The standard InChI is InChI=1S/C13H20N2O2/c1-9(2)4-12(8-16)15-13(17)11-5-10(3)6-14-7-11/h5-7,9,12,16H,4,8H2,1-3H3,(H,15,17). The van der Waals surface area contributed by atoms with E-state index in [4.69, 9.17) is 0 Å². The summed E-state index contributed by atoms with van der Waals surface area (Å²) in [6.07, 6.45) is 4.00. The quantitative estimate of drug-likeness (QED) is 0.815. The Hall–Kier alpha value is -1.42. The van der Waals surface area contributed by atoms with E-state index in [1.807, 2.05) is 6.92 Å². The third-order valence-corrected chi connectivity index (χ3v) is 2.45. The highest BCUT2D eigenvalue weighted by Crippen LogP contribution is 2.06.